The van der Waals surface area contributed by atoms with Crippen LogP contribution in [-0.4, -0.2) is 29.9 Å². The highest BCUT2D eigenvalue weighted by Gasteiger charge is 2.31. The van der Waals surface area contributed by atoms with Crippen LogP contribution in [0.4, 0.5) is 0 Å². The molecule has 1 amide bonds. The van der Waals surface area contributed by atoms with Gasteiger partial charge in [-0.1, -0.05) is 32.6 Å². The number of nitrogens with two attached hydrogens (primary N) is 1. The average molecular weight is 226 g/mol. The van der Waals surface area contributed by atoms with Crippen LogP contribution in [0, 0.1) is 0 Å². The van der Waals surface area contributed by atoms with Crippen LogP contribution >= 0.6 is 0 Å². The summed E-state index contributed by atoms with van der Waals surface area (Å²) in [6.45, 7) is 3.55. The third-order valence-corrected chi connectivity index (χ3v) is 3.17. The molecule has 16 heavy (non-hydrogen) atoms. The molecule has 1 fully saturated rings. The average Bonchev–Trinajstić information content (AvgIpc) is 3.09. The minimum atomic E-state index is 0.324. The summed E-state index contributed by atoms with van der Waals surface area (Å²) in [5, 5.41) is 0. The number of hydrogen-bond acceptors (Lipinski definition) is 2. The highest BCUT2D eigenvalue weighted by atomic mass is 16.2. The van der Waals surface area contributed by atoms with E-state index in [1.165, 1.54) is 38.5 Å². The molecule has 3 heteroatoms. The maximum atomic E-state index is 11.9. The summed E-state index contributed by atoms with van der Waals surface area (Å²) < 4.78 is 0. The molecule has 1 saturated carbocycles. The second-order valence-corrected chi connectivity index (χ2v) is 4.77. The van der Waals surface area contributed by atoms with E-state index < -0.39 is 0 Å². The van der Waals surface area contributed by atoms with Crippen molar-refractivity contribution in [2.75, 3.05) is 13.1 Å². The van der Waals surface area contributed by atoms with Crippen molar-refractivity contribution in [3.05, 3.63) is 0 Å². The molecule has 0 saturated heterocycles. The Labute approximate surface area is 99.4 Å². The maximum absolute atomic E-state index is 11.9. The van der Waals surface area contributed by atoms with Gasteiger partial charge in [0.1, 0.15) is 0 Å². The Bertz CT molecular complexity index is 202. The summed E-state index contributed by atoms with van der Waals surface area (Å²) in [5.41, 5.74) is 5.53. The van der Waals surface area contributed by atoms with Crippen molar-refractivity contribution in [3.8, 4) is 0 Å². The third kappa shape index (κ3) is 4.97. The number of carbonyl (C=O) groups is 1. The van der Waals surface area contributed by atoms with E-state index in [0.29, 0.717) is 18.5 Å². The zero-order valence-corrected chi connectivity index (χ0v) is 10.6. The van der Waals surface area contributed by atoms with Crippen molar-refractivity contribution in [3.63, 3.8) is 0 Å². The van der Waals surface area contributed by atoms with Crippen LogP contribution in [0.25, 0.3) is 0 Å². The van der Waals surface area contributed by atoms with Crippen LogP contribution in [0.15, 0.2) is 0 Å². The molecule has 94 valence electrons. The third-order valence-electron chi connectivity index (χ3n) is 3.17. The minimum Gasteiger partial charge on any atom is -0.338 e. The number of unbranched alkanes of at least 4 members (excludes halogenated alkanes) is 4. The molecule has 0 aliphatic heterocycles. The van der Waals surface area contributed by atoms with Gasteiger partial charge in [0.2, 0.25) is 5.91 Å². The van der Waals surface area contributed by atoms with Crippen molar-refractivity contribution in [1.29, 1.82) is 0 Å². The lowest BCUT2D eigenvalue weighted by atomic mass is 10.1. The van der Waals surface area contributed by atoms with E-state index in [4.69, 9.17) is 5.73 Å². The quantitative estimate of drug-likeness (QED) is 0.613. The molecule has 2 N–H and O–H groups in total. The Morgan fingerprint density at radius 1 is 1.25 bits per heavy atom. The van der Waals surface area contributed by atoms with E-state index in [-0.39, 0.29) is 0 Å². The van der Waals surface area contributed by atoms with Gasteiger partial charge in [0.05, 0.1) is 0 Å². The van der Waals surface area contributed by atoms with Gasteiger partial charge in [0.25, 0.3) is 0 Å². The van der Waals surface area contributed by atoms with Gasteiger partial charge in [-0.15, -0.1) is 0 Å². The molecule has 0 bridgehead atoms. The maximum Gasteiger partial charge on any atom is 0.222 e. The monoisotopic (exact) mass is 226 g/mol. The number of nitrogens with zero attached hydrogens (tertiary/aromatic N) is 1. The molecule has 0 atom stereocenters. The van der Waals surface area contributed by atoms with Gasteiger partial charge in [-0.3, -0.25) is 4.79 Å². The lowest BCUT2D eigenvalue weighted by Crippen LogP contribution is -2.36. The number of rotatable bonds is 9. The minimum absolute atomic E-state index is 0.324. The van der Waals surface area contributed by atoms with Crippen molar-refractivity contribution in [2.24, 2.45) is 5.73 Å². The lowest BCUT2D eigenvalue weighted by Gasteiger charge is -2.21. The fourth-order valence-corrected chi connectivity index (χ4v) is 2.06. The molecule has 1 rings (SSSR count). The van der Waals surface area contributed by atoms with Crippen molar-refractivity contribution < 1.29 is 4.79 Å². The molecule has 0 aromatic heterocycles. The molecule has 0 radical (unpaired) electrons. The van der Waals surface area contributed by atoms with Crippen LogP contribution in [0.5, 0.6) is 0 Å². The Kier molecular flexibility index (Phi) is 6.46. The molecular formula is C13H26N2O. The van der Waals surface area contributed by atoms with Crippen LogP contribution in [-0.2, 0) is 4.79 Å². The summed E-state index contributed by atoms with van der Waals surface area (Å²) in [4.78, 5) is 13.9. The second kappa shape index (κ2) is 7.66. The Morgan fingerprint density at radius 3 is 2.50 bits per heavy atom. The van der Waals surface area contributed by atoms with Crippen LogP contribution < -0.4 is 5.73 Å². The molecule has 0 unspecified atom stereocenters. The molecule has 1 aliphatic rings. The summed E-state index contributed by atoms with van der Waals surface area (Å²) in [6.07, 6.45) is 9.15. The summed E-state index contributed by atoms with van der Waals surface area (Å²) in [5.74, 6) is 0.324. The molecule has 0 spiro atoms. The smallest absolute Gasteiger partial charge is 0.222 e. The molecule has 0 heterocycles. The molecule has 0 aromatic carbocycles. The Hall–Kier alpha value is -0.570. The van der Waals surface area contributed by atoms with Gasteiger partial charge in [0, 0.05) is 25.6 Å². The molecule has 3 nitrogen and oxygen atoms in total. The van der Waals surface area contributed by atoms with Crippen LogP contribution in [0.1, 0.15) is 58.3 Å². The molecule has 1 aliphatic carbocycles. The Balaban J connectivity index is 2.11. The van der Waals surface area contributed by atoms with Gasteiger partial charge < -0.3 is 10.6 Å². The van der Waals surface area contributed by atoms with Gasteiger partial charge in [-0.25, -0.2) is 0 Å². The number of carbonyl (C=O) groups excluding carboxylic acids is 1. The second-order valence-electron chi connectivity index (χ2n) is 4.77. The zero-order valence-electron chi connectivity index (χ0n) is 10.6. The lowest BCUT2D eigenvalue weighted by molar-refractivity contribution is -0.131. The van der Waals surface area contributed by atoms with Crippen molar-refractivity contribution in [1.82, 2.24) is 4.90 Å². The van der Waals surface area contributed by atoms with Gasteiger partial charge in [-0.05, 0) is 19.3 Å². The van der Waals surface area contributed by atoms with E-state index in [1.54, 1.807) is 0 Å². The fraction of sp³-hybridized carbons (Fsp3) is 0.923. The first-order valence-corrected chi connectivity index (χ1v) is 6.79. The van der Waals surface area contributed by atoms with E-state index in [1.807, 2.05) is 4.90 Å². The first-order chi connectivity index (χ1) is 7.79. The van der Waals surface area contributed by atoms with Crippen LogP contribution in [0.3, 0.4) is 0 Å². The number of amides is 1. The highest BCUT2D eigenvalue weighted by molar-refractivity contribution is 5.76. The normalized spacial score (nSPS) is 15.1. The highest BCUT2D eigenvalue weighted by Crippen LogP contribution is 2.27. The van der Waals surface area contributed by atoms with Crippen molar-refractivity contribution in [2.45, 2.75) is 64.3 Å². The summed E-state index contributed by atoms with van der Waals surface area (Å²) in [7, 11) is 0. The largest absolute Gasteiger partial charge is 0.338 e. The van der Waals surface area contributed by atoms with E-state index in [9.17, 15) is 4.79 Å². The fourth-order valence-electron chi connectivity index (χ4n) is 2.06. The predicted molar refractivity (Wildman–Crippen MR) is 67.2 cm³/mol. The molecule has 0 aromatic rings. The Morgan fingerprint density at radius 2 is 1.94 bits per heavy atom. The van der Waals surface area contributed by atoms with Gasteiger partial charge in [-0.2, -0.15) is 0 Å². The van der Waals surface area contributed by atoms with Crippen molar-refractivity contribution >= 4 is 5.91 Å². The van der Waals surface area contributed by atoms with Crippen LogP contribution in [0.2, 0.25) is 0 Å². The van der Waals surface area contributed by atoms with Gasteiger partial charge >= 0.3 is 0 Å². The SMILES string of the molecule is CCCCCCCC(=O)N(CCN)C1CC1. The number of hydrogen-bond donors (Lipinski definition) is 1. The first-order valence-electron chi connectivity index (χ1n) is 6.79. The summed E-state index contributed by atoms with van der Waals surface area (Å²) >= 11 is 0. The predicted octanol–water partition coefficient (Wildman–Crippen LogP) is 2.30. The topological polar surface area (TPSA) is 46.3 Å². The van der Waals surface area contributed by atoms with Gasteiger partial charge in [0.15, 0.2) is 0 Å². The summed E-state index contributed by atoms with van der Waals surface area (Å²) in [6, 6.07) is 0.520. The first kappa shape index (κ1) is 13.5. The van der Waals surface area contributed by atoms with E-state index in [2.05, 4.69) is 6.92 Å². The molecular weight excluding hydrogens is 200 g/mol. The zero-order chi connectivity index (χ0) is 11.8. The van der Waals surface area contributed by atoms with E-state index >= 15 is 0 Å². The van der Waals surface area contributed by atoms with E-state index in [0.717, 1.165) is 19.4 Å². The standard InChI is InChI=1S/C13H26N2O/c1-2-3-4-5-6-7-13(16)15(11-10-14)12-8-9-12/h12H,2-11,14H2,1H3.